The summed E-state index contributed by atoms with van der Waals surface area (Å²) in [4.78, 5) is 37.2. The topological polar surface area (TPSA) is 87.3 Å². The molecule has 2 aromatic rings. The zero-order valence-electron chi connectivity index (χ0n) is 17.5. The Labute approximate surface area is 186 Å². The Morgan fingerprint density at radius 1 is 1.00 bits per heavy atom. The van der Waals surface area contributed by atoms with Crippen LogP contribution < -0.4 is 16.0 Å². The fourth-order valence-corrected chi connectivity index (χ4v) is 3.24. The van der Waals surface area contributed by atoms with Crippen LogP contribution in [-0.2, 0) is 14.4 Å². The third kappa shape index (κ3) is 7.63. The average molecular weight is 474 g/mol. The van der Waals surface area contributed by atoms with E-state index < -0.39 is 6.04 Å². The van der Waals surface area contributed by atoms with Crippen LogP contribution in [0.4, 0.5) is 5.69 Å². The zero-order chi connectivity index (χ0) is 22.1. The Morgan fingerprint density at radius 2 is 1.70 bits per heavy atom. The standard InChI is InChI=1S/C23H28BrN3O3/c1-15(2)13-21(29)27-22(17-7-5-4-6-8-17)23(30)25-12-11-20(28)26-19-14-18(24)10-9-16(19)3/h4-10,14-15,22H,11-13H2,1-3H3,(H,25,30)(H,26,28)(H,27,29). The first-order chi connectivity index (χ1) is 14.3. The Kier molecular flexibility index (Phi) is 9.05. The molecular formula is C23H28BrN3O3. The lowest BCUT2D eigenvalue weighted by molar-refractivity contribution is -0.129. The molecule has 3 amide bonds. The van der Waals surface area contributed by atoms with E-state index in [1.165, 1.54) is 0 Å². The molecule has 0 fully saturated rings. The zero-order valence-corrected chi connectivity index (χ0v) is 19.1. The second-order valence-corrected chi connectivity index (χ2v) is 8.47. The van der Waals surface area contributed by atoms with Crippen molar-refractivity contribution in [2.75, 3.05) is 11.9 Å². The first-order valence-electron chi connectivity index (χ1n) is 9.94. The monoisotopic (exact) mass is 473 g/mol. The van der Waals surface area contributed by atoms with Crippen molar-refractivity contribution in [3.05, 3.63) is 64.1 Å². The predicted molar refractivity (Wildman–Crippen MR) is 122 cm³/mol. The summed E-state index contributed by atoms with van der Waals surface area (Å²) in [5.74, 6) is -0.534. The van der Waals surface area contributed by atoms with E-state index in [2.05, 4.69) is 31.9 Å². The number of hydrogen-bond donors (Lipinski definition) is 3. The molecule has 2 aromatic carbocycles. The third-order valence-corrected chi connectivity index (χ3v) is 4.91. The fraction of sp³-hybridized carbons (Fsp3) is 0.348. The Balaban J connectivity index is 1.94. The quantitative estimate of drug-likeness (QED) is 0.511. The van der Waals surface area contributed by atoms with Crippen molar-refractivity contribution in [2.24, 2.45) is 5.92 Å². The number of carbonyl (C=O) groups is 3. The molecule has 2 rings (SSSR count). The van der Waals surface area contributed by atoms with Gasteiger partial charge in [0.1, 0.15) is 6.04 Å². The molecule has 160 valence electrons. The molecule has 30 heavy (non-hydrogen) atoms. The number of halogens is 1. The van der Waals surface area contributed by atoms with Gasteiger partial charge in [0.2, 0.25) is 17.7 Å². The Morgan fingerprint density at radius 3 is 2.37 bits per heavy atom. The highest BCUT2D eigenvalue weighted by atomic mass is 79.9. The highest BCUT2D eigenvalue weighted by Gasteiger charge is 2.22. The Bertz CT molecular complexity index is 885. The van der Waals surface area contributed by atoms with Gasteiger partial charge in [-0.15, -0.1) is 0 Å². The SMILES string of the molecule is Cc1ccc(Br)cc1NC(=O)CCNC(=O)C(NC(=O)CC(C)C)c1ccccc1. The summed E-state index contributed by atoms with van der Waals surface area (Å²) in [6.45, 7) is 5.97. The van der Waals surface area contributed by atoms with Gasteiger partial charge in [-0.3, -0.25) is 14.4 Å². The van der Waals surface area contributed by atoms with E-state index in [0.717, 1.165) is 15.7 Å². The van der Waals surface area contributed by atoms with Crippen molar-refractivity contribution >= 4 is 39.3 Å². The van der Waals surface area contributed by atoms with Crippen LogP contribution in [0, 0.1) is 12.8 Å². The number of benzene rings is 2. The first kappa shape index (κ1) is 23.6. The second kappa shape index (κ2) is 11.5. The molecule has 0 radical (unpaired) electrons. The van der Waals surface area contributed by atoms with Gasteiger partial charge in [-0.2, -0.15) is 0 Å². The minimum atomic E-state index is -0.798. The molecule has 0 aromatic heterocycles. The molecule has 0 aliphatic heterocycles. The van der Waals surface area contributed by atoms with Gasteiger partial charge in [-0.1, -0.05) is 66.2 Å². The highest BCUT2D eigenvalue weighted by molar-refractivity contribution is 9.10. The van der Waals surface area contributed by atoms with Crippen molar-refractivity contribution in [1.29, 1.82) is 0 Å². The molecule has 0 spiro atoms. The van der Waals surface area contributed by atoms with Crippen molar-refractivity contribution in [3.63, 3.8) is 0 Å². The highest BCUT2D eigenvalue weighted by Crippen LogP contribution is 2.20. The van der Waals surface area contributed by atoms with Crippen molar-refractivity contribution in [2.45, 2.75) is 39.7 Å². The molecule has 0 bridgehead atoms. The summed E-state index contributed by atoms with van der Waals surface area (Å²) in [6.07, 6.45) is 0.462. The van der Waals surface area contributed by atoms with E-state index in [-0.39, 0.29) is 36.6 Å². The average Bonchev–Trinajstić information content (AvgIpc) is 2.69. The molecule has 1 atom stereocenters. The van der Waals surface area contributed by atoms with Crippen molar-refractivity contribution in [3.8, 4) is 0 Å². The fourth-order valence-electron chi connectivity index (χ4n) is 2.88. The first-order valence-corrected chi connectivity index (χ1v) is 10.7. The summed E-state index contributed by atoms with van der Waals surface area (Å²) >= 11 is 3.39. The van der Waals surface area contributed by atoms with Crippen LogP contribution in [0.2, 0.25) is 0 Å². The van der Waals surface area contributed by atoms with Gasteiger partial charge in [-0.25, -0.2) is 0 Å². The number of nitrogens with one attached hydrogen (secondary N) is 3. The van der Waals surface area contributed by atoms with Gasteiger partial charge < -0.3 is 16.0 Å². The smallest absolute Gasteiger partial charge is 0.247 e. The number of aryl methyl sites for hydroxylation is 1. The number of carbonyl (C=O) groups excluding carboxylic acids is 3. The number of hydrogen-bond acceptors (Lipinski definition) is 3. The summed E-state index contributed by atoms with van der Waals surface area (Å²) in [5.41, 5.74) is 2.37. The molecule has 6 nitrogen and oxygen atoms in total. The van der Waals surface area contributed by atoms with Crippen LogP contribution in [-0.4, -0.2) is 24.3 Å². The van der Waals surface area contributed by atoms with Crippen LogP contribution in [0.25, 0.3) is 0 Å². The molecule has 0 saturated carbocycles. The van der Waals surface area contributed by atoms with Crippen LogP contribution >= 0.6 is 15.9 Å². The minimum Gasteiger partial charge on any atom is -0.353 e. The van der Waals surface area contributed by atoms with Gasteiger partial charge in [0.05, 0.1) is 0 Å². The molecular weight excluding hydrogens is 446 g/mol. The molecule has 0 aliphatic carbocycles. The van der Waals surface area contributed by atoms with Gasteiger partial charge >= 0.3 is 0 Å². The summed E-state index contributed by atoms with van der Waals surface area (Å²) in [7, 11) is 0. The number of rotatable bonds is 9. The maximum absolute atomic E-state index is 12.7. The summed E-state index contributed by atoms with van der Waals surface area (Å²) < 4.78 is 0.875. The molecule has 3 N–H and O–H groups in total. The lowest BCUT2D eigenvalue weighted by atomic mass is 10.0. The van der Waals surface area contributed by atoms with E-state index in [1.54, 1.807) is 12.1 Å². The molecule has 1 unspecified atom stereocenters. The summed E-state index contributed by atoms with van der Waals surface area (Å²) in [5, 5.41) is 8.41. The van der Waals surface area contributed by atoms with Gasteiger partial charge in [-0.05, 0) is 36.1 Å². The van der Waals surface area contributed by atoms with Gasteiger partial charge in [0, 0.05) is 29.5 Å². The van der Waals surface area contributed by atoms with Gasteiger partial charge in [0.15, 0.2) is 0 Å². The summed E-state index contributed by atoms with van der Waals surface area (Å²) in [6, 6.07) is 13.9. The largest absolute Gasteiger partial charge is 0.353 e. The van der Waals surface area contributed by atoms with E-state index in [1.807, 2.05) is 57.2 Å². The van der Waals surface area contributed by atoms with Crippen LogP contribution in [0.3, 0.4) is 0 Å². The maximum Gasteiger partial charge on any atom is 0.247 e. The van der Waals surface area contributed by atoms with E-state index in [4.69, 9.17) is 0 Å². The number of anilines is 1. The van der Waals surface area contributed by atoms with Crippen molar-refractivity contribution in [1.82, 2.24) is 10.6 Å². The lowest BCUT2D eigenvalue weighted by Crippen LogP contribution is -2.41. The Hall–Kier alpha value is -2.67. The molecule has 0 aliphatic rings. The van der Waals surface area contributed by atoms with Crippen LogP contribution in [0.15, 0.2) is 53.0 Å². The maximum atomic E-state index is 12.7. The van der Waals surface area contributed by atoms with E-state index >= 15 is 0 Å². The minimum absolute atomic E-state index is 0.124. The van der Waals surface area contributed by atoms with Crippen LogP contribution in [0.5, 0.6) is 0 Å². The van der Waals surface area contributed by atoms with E-state index in [0.29, 0.717) is 12.0 Å². The number of amides is 3. The lowest BCUT2D eigenvalue weighted by Gasteiger charge is -2.19. The van der Waals surface area contributed by atoms with Crippen molar-refractivity contribution < 1.29 is 14.4 Å². The van der Waals surface area contributed by atoms with E-state index in [9.17, 15) is 14.4 Å². The molecule has 7 heteroatoms. The predicted octanol–water partition coefficient (Wildman–Crippen LogP) is 4.11. The second-order valence-electron chi connectivity index (χ2n) is 7.56. The molecule has 0 heterocycles. The molecule has 0 saturated heterocycles. The third-order valence-electron chi connectivity index (χ3n) is 4.42. The van der Waals surface area contributed by atoms with Crippen LogP contribution in [0.1, 0.15) is 43.9 Å². The normalized spacial score (nSPS) is 11.6. The van der Waals surface area contributed by atoms with Gasteiger partial charge in [0.25, 0.3) is 0 Å².